The average molecular weight is 362 g/mol. The molecule has 0 radical (unpaired) electrons. The van der Waals surface area contributed by atoms with Gasteiger partial charge in [-0.1, -0.05) is 22.4 Å². The van der Waals surface area contributed by atoms with Gasteiger partial charge in [-0.05, 0) is 37.0 Å². The van der Waals surface area contributed by atoms with Crippen molar-refractivity contribution >= 4 is 38.6 Å². The molecule has 0 amide bonds. The van der Waals surface area contributed by atoms with Crippen molar-refractivity contribution in [2.24, 2.45) is 11.3 Å². The third kappa shape index (κ3) is 1.93. The Balaban J connectivity index is 1.77. The molecule has 1 saturated carbocycles. The standard InChI is InChI=1S/C16H16BrN3O2/c17-11-3-4-12-13(6-11)18-9-19-14(12)20-7-10-2-1-5-16(10,8-20)15(21)22/h3-4,6,9-10H,1-2,5,7-8H2,(H,21,22)/t10-,16+/m0/s1. The molecule has 0 spiro atoms. The number of rotatable bonds is 2. The molecule has 1 N–H and O–H groups in total. The third-order valence-corrected chi connectivity index (χ3v) is 5.67. The molecule has 2 heterocycles. The van der Waals surface area contributed by atoms with E-state index in [1.165, 1.54) is 0 Å². The first-order valence-corrected chi connectivity index (χ1v) is 8.28. The topological polar surface area (TPSA) is 66.3 Å². The summed E-state index contributed by atoms with van der Waals surface area (Å²) in [5, 5.41) is 10.7. The van der Waals surface area contributed by atoms with E-state index in [0.717, 1.165) is 47.0 Å². The highest BCUT2D eigenvalue weighted by molar-refractivity contribution is 9.10. The van der Waals surface area contributed by atoms with Crippen LogP contribution in [0.2, 0.25) is 0 Å². The lowest BCUT2D eigenvalue weighted by Crippen LogP contribution is -2.35. The maximum atomic E-state index is 11.8. The number of carbonyl (C=O) groups is 1. The van der Waals surface area contributed by atoms with Gasteiger partial charge >= 0.3 is 5.97 Å². The summed E-state index contributed by atoms with van der Waals surface area (Å²) in [7, 11) is 0. The van der Waals surface area contributed by atoms with E-state index in [0.29, 0.717) is 6.54 Å². The second-order valence-corrected chi connectivity index (χ2v) is 7.21. The molecule has 1 aromatic heterocycles. The second kappa shape index (κ2) is 4.91. The molecular weight excluding hydrogens is 346 g/mol. The lowest BCUT2D eigenvalue weighted by Gasteiger charge is -2.24. The van der Waals surface area contributed by atoms with Crippen molar-refractivity contribution in [2.45, 2.75) is 19.3 Å². The summed E-state index contributed by atoms with van der Waals surface area (Å²) < 4.78 is 0.977. The van der Waals surface area contributed by atoms with Crippen molar-refractivity contribution in [1.82, 2.24) is 9.97 Å². The molecule has 1 aromatic carbocycles. The first kappa shape index (κ1) is 13.9. The minimum atomic E-state index is -0.654. The average Bonchev–Trinajstić information content (AvgIpc) is 3.04. The van der Waals surface area contributed by atoms with Gasteiger partial charge in [-0.2, -0.15) is 0 Å². The number of halogens is 1. The van der Waals surface area contributed by atoms with E-state index in [-0.39, 0.29) is 5.92 Å². The Labute approximate surface area is 136 Å². The van der Waals surface area contributed by atoms with Crippen molar-refractivity contribution in [1.29, 1.82) is 0 Å². The lowest BCUT2D eigenvalue weighted by atomic mass is 9.81. The highest BCUT2D eigenvalue weighted by Gasteiger charge is 2.55. The van der Waals surface area contributed by atoms with Gasteiger partial charge in [0.15, 0.2) is 0 Å². The molecular formula is C16H16BrN3O2. The number of nitrogens with zero attached hydrogens (tertiary/aromatic N) is 3. The molecule has 6 heteroatoms. The predicted octanol–water partition coefficient (Wildman–Crippen LogP) is 3.08. The van der Waals surface area contributed by atoms with Gasteiger partial charge in [-0.25, -0.2) is 9.97 Å². The lowest BCUT2D eigenvalue weighted by molar-refractivity contribution is -0.149. The van der Waals surface area contributed by atoms with Crippen molar-refractivity contribution in [3.05, 3.63) is 29.0 Å². The highest BCUT2D eigenvalue weighted by Crippen LogP contribution is 2.50. The van der Waals surface area contributed by atoms with Crippen molar-refractivity contribution < 1.29 is 9.90 Å². The van der Waals surface area contributed by atoms with Gasteiger partial charge in [0.05, 0.1) is 10.9 Å². The van der Waals surface area contributed by atoms with Crippen LogP contribution in [0.15, 0.2) is 29.0 Å². The normalized spacial score (nSPS) is 27.3. The summed E-state index contributed by atoms with van der Waals surface area (Å²) in [6, 6.07) is 5.93. The maximum absolute atomic E-state index is 11.8. The zero-order valence-electron chi connectivity index (χ0n) is 12.0. The van der Waals surface area contributed by atoms with Crippen LogP contribution < -0.4 is 4.90 Å². The molecule has 2 aromatic rings. The number of aromatic nitrogens is 2. The van der Waals surface area contributed by atoms with Gasteiger partial charge in [-0.3, -0.25) is 4.79 Å². The van der Waals surface area contributed by atoms with Crippen LogP contribution >= 0.6 is 15.9 Å². The molecule has 2 fully saturated rings. The summed E-state index contributed by atoms with van der Waals surface area (Å²) in [5.41, 5.74) is 0.285. The molecule has 5 nitrogen and oxygen atoms in total. The van der Waals surface area contributed by atoms with Crippen LogP contribution in [0.1, 0.15) is 19.3 Å². The molecule has 1 aliphatic heterocycles. The number of hydrogen-bond donors (Lipinski definition) is 1. The SMILES string of the molecule is O=C(O)[C@@]12CCC[C@H]1CN(c1ncnc3cc(Br)ccc13)C2. The third-order valence-electron chi connectivity index (χ3n) is 5.17. The fourth-order valence-electron chi connectivity index (χ4n) is 4.07. The minimum absolute atomic E-state index is 0.227. The Morgan fingerprint density at radius 2 is 2.27 bits per heavy atom. The Bertz CT molecular complexity index is 766. The number of carboxylic acid groups (broad SMARTS) is 1. The largest absolute Gasteiger partial charge is 0.481 e. The molecule has 114 valence electrons. The van der Waals surface area contributed by atoms with E-state index in [2.05, 4.69) is 30.8 Å². The molecule has 0 unspecified atom stereocenters. The van der Waals surface area contributed by atoms with E-state index in [4.69, 9.17) is 0 Å². The summed E-state index contributed by atoms with van der Waals surface area (Å²) >= 11 is 3.46. The number of hydrogen-bond acceptors (Lipinski definition) is 4. The van der Waals surface area contributed by atoms with E-state index in [9.17, 15) is 9.90 Å². The number of fused-ring (bicyclic) bond motifs is 2. The first-order chi connectivity index (χ1) is 10.6. The number of anilines is 1. The van der Waals surface area contributed by atoms with E-state index < -0.39 is 11.4 Å². The fourth-order valence-corrected chi connectivity index (χ4v) is 4.42. The monoisotopic (exact) mass is 361 g/mol. The molecule has 22 heavy (non-hydrogen) atoms. The Hall–Kier alpha value is -1.69. The van der Waals surface area contributed by atoms with Gasteiger partial charge in [0.2, 0.25) is 0 Å². The fraction of sp³-hybridized carbons (Fsp3) is 0.438. The smallest absolute Gasteiger partial charge is 0.311 e. The summed E-state index contributed by atoms with van der Waals surface area (Å²) in [5.74, 6) is 0.427. The van der Waals surface area contributed by atoms with Crippen LogP contribution in [-0.4, -0.2) is 34.1 Å². The highest BCUT2D eigenvalue weighted by atomic mass is 79.9. The van der Waals surface area contributed by atoms with Crippen LogP contribution in [0, 0.1) is 11.3 Å². The Kier molecular flexibility index (Phi) is 3.11. The van der Waals surface area contributed by atoms with E-state index in [1.807, 2.05) is 18.2 Å². The molecule has 0 bridgehead atoms. The zero-order chi connectivity index (χ0) is 15.3. The number of carboxylic acids is 1. The van der Waals surface area contributed by atoms with Crippen molar-refractivity contribution in [3.63, 3.8) is 0 Å². The van der Waals surface area contributed by atoms with Crippen molar-refractivity contribution in [2.75, 3.05) is 18.0 Å². The molecule has 2 aliphatic rings. The van der Waals surface area contributed by atoms with Gasteiger partial charge in [0, 0.05) is 22.9 Å². The minimum Gasteiger partial charge on any atom is -0.481 e. The van der Waals surface area contributed by atoms with E-state index >= 15 is 0 Å². The molecule has 1 aliphatic carbocycles. The van der Waals surface area contributed by atoms with Crippen molar-refractivity contribution in [3.8, 4) is 0 Å². The first-order valence-electron chi connectivity index (χ1n) is 7.49. The van der Waals surface area contributed by atoms with Crippen LogP contribution in [-0.2, 0) is 4.79 Å². The van der Waals surface area contributed by atoms with Crippen LogP contribution in [0.5, 0.6) is 0 Å². The summed E-state index contributed by atoms with van der Waals surface area (Å²) in [4.78, 5) is 22.7. The van der Waals surface area contributed by atoms with Gasteiger partial charge in [0.1, 0.15) is 12.1 Å². The Morgan fingerprint density at radius 3 is 3.05 bits per heavy atom. The number of aliphatic carboxylic acids is 1. The zero-order valence-corrected chi connectivity index (χ0v) is 13.6. The molecule has 2 atom stereocenters. The number of benzene rings is 1. The summed E-state index contributed by atoms with van der Waals surface area (Å²) in [6.45, 7) is 1.32. The Morgan fingerprint density at radius 1 is 1.41 bits per heavy atom. The van der Waals surface area contributed by atoms with Gasteiger partial charge in [0.25, 0.3) is 0 Å². The predicted molar refractivity (Wildman–Crippen MR) is 86.9 cm³/mol. The second-order valence-electron chi connectivity index (χ2n) is 6.29. The van der Waals surface area contributed by atoms with Crippen LogP contribution in [0.3, 0.4) is 0 Å². The van der Waals surface area contributed by atoms with Gasteiger partial charge < -0.3 is 10.0 Å². The quantitative estimate of drug-likeness (QED) is 0.890. The van der Waals surface area contributed by atoms with Crippen LogP contribution in [0.25, 0.3) is 10.9 Å². The maximum Gasteiger partial charge on any atom is 0.311 e. The van der Waals surface area contributed by atoms with Gasteiger partial charge in [-0.15, -0.1) is 0 Å². The molecule has 4 rings (SSSR count). The van der Waals surface area contributed by atoms with Crippen LogP contribution in [0.4, 0.5) is 5.82 Å². The molecule has 1 saturated heterocycles. The van der Waals surface area contributed by atoms with E-state index in [1.54, 1.807) is 6.33 Å². The summed E-state index contributed by atoms with van der Waals surface area (Å²) in [6.07, 6.45) is 4.35.